The fourth-order valence-electron chi connectivity index (χ4n) is 2.14. The van der Waals surface area contributed by atoms with E-state index in [1.807, 2.05) is 30.3 Å². The lowest BCUT2D eigenvalue weighted by molar-refractivity contribution is 0.138. The number of anilines is 1. The standard InChI is InChI=1S/C19H17F2N3O2/c20-16-8-6-15(7-9-16)12-26-19-22-10-17(21)18(24-19)23-13-25-11-14-4-2-1-3-5-14/h1-10H,11-13H2,(H,22,23,24). The topological polar surface area (TPSA) is 56.3 Å². The summed E-state index contributed by atoms with van der Waals surface area (Å²) in [6.45, 7) is 0.630. The smallest absolute Gasteiger partial charge is 0.318 e. The quantitative estimate of drug-likeness (QED) is 0.489. The lowest BCUT2D eigenvalue weighted by atomic mass is 10.2. The van der Waals surface area contributed by atoms with Crippen LogP contribution in [0.15, 0.2) is 60.8 Å². The van der Waals surface area contributed by atoms with Crippen LogP contribution in [0.3, 0.4) is 0 Å². The minimum atomic E-state index is -0.609. The zero-order valence-corrected chi connectivity index (χ0v) is 13.9. The predicted molar refractivity (Wildman–Crippen MR) is 92.4 cm³/mol. The van der Waals surface area contributed by atoms with Crippen LogP contribution in [-0.2, 0) is 18.0 Å². The van der Waals surface area contributed by atoms with Crippen molar-refractivity contribution in [1.29, 1.82) is 0 Å². The fourth-order valence-corrected chi connectivity index (χ4v) is 2.14. The summed E-state index contributed by atoms with van der Waals surface area (Å²) in [5.74, 6) is -0.946. The first-order chi connectivity index (χ1) is 12.7. The van der Waals surface area contributed by atoms with Crippen LogP contribution < -0.4 is 10.1 Å². The average molecular weight is 357 g/mol. The molecule has 0 bridgehead atoms. The molecule has 0 amide bonds. The molecule has 134 valence electrons. The lowest BCUT2D eigenvalue weighted by Gasteiger charge is -2.10. The summed E-state index contributed by atoms with van der Waals surface area (Å²) in [6, 6.07) is 15.5. The van der Waals surface area contributed by atoms with Gasteiger partial charge in [0.05, 0.1) is 12.8 Å². The van der Waals surface area contributed by atoms with Gasteiger partial charge >= 0.3 is 6.01 Å². The maximum absolute atomic E-state index is 13.8. The first kappa shape index (κ1) is 17.8. The van der Waals surface area contributed by atoms with Gasteiger partial charge in [-0.3, -0.25) is 0 Å². The summed E-state index contributed by atoms with van der Waals surface area (Å²) in [7, 11) is 0. The Morgan fingerprint density at radius 2 is 1.62 bits per heavy atom. The lowest BCUT2D eigenvalue weighted by Crippen LogP contribution is -2.10. The van der Waals surface area contributed by atoms with Gasteiger partial charge in [0.1, 0.15) is 19.2 Å². The number of rotatable bonds is 8. The third-order valence-corrected chi connectivity index (χ3v) is 3.46. The zero-order valence-electron chi connectivity index (χ0n) is 13.9. The van der Waals surface area contributed by atoms with E-state index < -0.39 is 5.82 Å². The average Bonchev–Trinajstić information content (AvgIpc) is 2.67. The minimum Gasteiger partial charge on any atom is -0.459 e. The second-order valence-corrected chi connectivity index (χ2v) is 5.42. The molecule has 0 fully saturated rings. The van der Waals surface area contributed by atoms with E-state index in [9.17, 15) is 8.78 Å². The Kier molecular flexibility index (Phi) is 6.05. The van der Waals surface area contributed by atoms with Crippen LogP contribution in [0.5, 0.6) is 6.01 Å². The van der Waals surface area contributed by atoms with Gasteiger partial charge in [-0.2, -0.15) is 4.98 Å². The van der Waals surface area contributed by atoms with E-state index in [0.717, 1.165) is 17.3 Å². The third kappa shape index (κ3) is 5.22. The number of nitrogens with zero attached hydrogens (tertiary/aromatic N) is 2. The molecule has 5 nitrogen and oxygen atoms in total. The molecular weight excluding hydrogens is 340 g/mol. The summed E-state index contributed by atoms with van der Waals surface area (Å²) in [5.41, 5.74) is 1.76. The molecule has 1 aromatic heterocycles. The maximum atomic E-state index is 13.8. The molecule has 1 N–H and O–H groups in total. The highest BCUT2D eigenvalue weighted by atomic mass is 19.1. The van der Waals surface area contributed by atoms with Crippen molar-refractivity contribution in [2.75, 3.05) is 12.0 Å². The summed E-state index contributed by atoms with van der Waals surface area (Å²) < 4.78 is 37.5. The SMILES string of the molecule is Fc1ccc(COc2ncc(F)c(NCOCc3ccccc3)n2)cc1. The number of halogens is 2. The van der Waals surface area contributed by atoms with Crippen LogP contribution >= 0.6 is 0 Å². The van der Waals surface area contributed by atoms with Gasteiger partial charge in [-0.05, 0) is 23.3 Å². The predicted octanol–water partition coefficient (Wildman–Crippen LogP) is 3.92. The molecule has 0 aliphatic heterocycles. The second kappa shape index (κ2) is 8.87. The van der Waals surface area contributed by atoms with Gasteiger partial charge in [0, 0.05) is 0 Å². The molecule has 0 aliphatic rings. The normalized spacial score (nSPS) is 10.5. The van der Waals surface area contributed by atoms with Crippen molar-refractivity contribution in [3.63, 3.8) is 0 Å². The third-order valence-electron chi connectivity index (χ3n) is 3.46. The second-order valence-electron chi connectivity index (χ2n) is 5.42. The minimum absolute atomic E-state index is 0.0119. The van der Waals surface area contributed by atoms with E-state index in [1.165, 1.54) is 12.1 Å². The molecule has 0 unspecified atom stereocenters. The van der Waals surface area contributed by atoms with Crippen molar-refractivity contribution in [3.8, 4) is 6.01 Å². The van der Waals surface area contributed by atoms with Gasteiger partial charge in [0.2, 0.25) is 0 Å². The van der Waals surface area contributed by atoms with Crippen LogP contribution in [-0.4, -0.2) is 16.7 Å². The molecule has 2 aromatic carbocycles. The van der Waals surface area contributed by atoms with E-state index in [1.54, 1.807) is 12.1 Å². The number of hydrogen-bond donors (Lipinski definition) is 1. The number of nitrogens with one attached hydrogen (secondary N) is 1. The molecule has 7 heteroatoms. The van der Waals surface area contributed by atoms with Crippen molar-refractivity contribution in [1.82, 2.24) is 9.97 Å². The molecule has 0 radical (unpaired) electrons. The van der Waals surface area contributed by atoms with Gasteiger partial charge in [-0.15, -0.1) is 0 Å². The van der Waals surface area contributed by atoms with E-state index in [0.29, 0.717) is 6.61 Å². The summed E-state index contributed by atoms with van der Waals surface area (Å²) in [6.07, 6.45) is 1.02. The molecule has 3 rings (SSSR count). The first-order valence-corrected chi connectivity index (χ1v) is 7.96. The Bertz CT molecular complexity index is 830. The van der Waals surface area contributed by atoms with E-state index >= 15 is 0 Å². The first-order valence-electron chi connectivity index (χ1n) is 7.96. The Hall–Kier alpha value is -3.06. The zero-order chi connectivity index (χ0) is 18.2. The monoisotopic (exact) mass is 357 g/mol. The molecule has 0 atom stereocenters. The molecular formula is C19H17F2N3O2. The molecule has 3 aromatic rings. The van der Waals surface area contributed by atoms with Gasteiger partial charge in [-0.1, -0.05) is 42.5 Å². The Labute approximate surface area is 149 Å². The largest absolute Gasteiger partial charge is 0.459 e. The number of ether oxygens (including phenoxy) is 2. The van der Waals surface area contributed by atoms with E-state index in [2.05, 4.69) is 15.3 Å². The van der Waals surface area contributed by atoms with Crippen LogP contribution in [0.25, 0.3) is 0 Å². The van der Waals surface area contributed by atoms with Crippen LogP contribution in [0.1, 0.15) is 11.1 Å². The van der Waals surface area contributed by atoms with Crippen molar-refractivity contribution in [2.45, 2.75) is 13.2 Å². The molecule has 1 heterocycles. The Balaban J connectivity index is 1.51. The van der Waals surface area contributed by atoms with E-state index in [4.69, 9.17) is 9.47 Å². The summed E-state index contributed by atoms with van der Waals surface area (Å²) >= 11 is 0. The highest BCUT2D eigenvalue weighted by molar-refractivity contribution is 5.35. The Morgan fingerprint density at radius 1 is 0.885 bits per heavy atom. The Morgan fingerprint density at radius 3 is 2.38 bits per heavy atom. The highest BCUT2D eigenvalue weighted by Crippen LogP contribution is 2.14. The fraction of sp³-hybridized carbons (Fsp3) is 0.158. The van der Waals surface area contributed by atoms with Crippen molar-refractivity contribution < 1.29 is 18.3 Å². The van der Waals surface area contributed by atoms with Gasteiger partial charge < -0.3 is 14.8 Å². The summed E-state index contributed by atoms with van der Waals surface area (Å²) in [5, 5.41) is 2.75. The van der Waals surface area contributed by atoms with Gasteiger partial charge in [0.25, 0.3) is 0 Å². The highest BCUT2D eigenvalue weighted by Gasteiger charge is 2.08. The van der Waals surface area contributed by atoms with Gasteiger partial charge in [-0.25, -0.2) is 13.8 Å². The summed E-state index contributed by atoms with van der Waals surface area (Å²) in [4.78, 5) is 7.76. The van der Waals surface area contributed by atoms with Crippen molar-refractivity contribution >= 4 is 5.82 Å². The number of benzene rings is 2. The molecule has 0 saturated heterocycles. The van der Waals surface area contributed by atoms with Crippen molar-refractivity contribution in [2.24, 2.45) is 0 Å². The molecule has 0 aliphatic carbocycles. The van der Waals surface area contributed by atoms with Crippen LogP contribution in [0.4, 0.5) is 14.6 Å². The molecule has 0 spiro atoms. The molecule has 0 saturated carbocycles. The molecule has 26 heavy (non-hydrogen) atoms. The van der Waals surface area contributed by atoms with Crippen molar-refractivity contribution in [3.05, 3.63) is 83.6 Å². The van der Waals surface area contributed by atoms with E-state index in [-0.39, 0.29) is 31.0 Å². The number of aromatic nitrogens is 2. The van der Waals surface area contributed by atoms with Gasteiger partial charge in [0.15, 0.2) is 11.6 Å². The number of hydrogen-bond acceptors (Lipinski definition) is 5. The van der Waals surface area contributed by atoms with Crippen LogP contribution in [0, 0.1) is 11.6 Å². The van der Waals surface area contributed by atoms with Crippen LogP contribution in [0.2, 0.25) is 0 Å². The maximum Gasteiger partial charge on any atom is 0.318 e.